The zero-order chi connectivity index (χ0) is 13.5. The van der Waals surface area contributed by atoms with Gasteiger partial charge in [0.15, 0.2) is 0 Å². The van der Waals surface area contributed by atoms with E-state index in [-0.39, 0.29) is 5.78 Å². The number of benzene rings is 1. The molecule has 104 valence electrons. The number of β-amino-alcohol motifs (C(OH)–C–C–N with tert-alkyl or cyclic N) is 1. The number of carbonyl (C=O) groups excluding carboxylic acids is 1. The first-order valence-electron chi connectivity index (χ1n) is 6.78. The number of piperidine rings is 1. The summed E-state index contributed by atoms with van der Waals surface area (Å²) in [5.41, 5.74) is 1.10. The van der Waals surface area contributed by atoms with Gasteiger partial charge in [-0.3, -0.25) is 9.69 Å². The monoisotopic (exact) mass is 263 g/mol. The van der Waals surface area contributed by atoms with E-state index in [9.17, 15) is 9.90 Å². The summed E-state index contributed by atoms with van der Waals surface area (Å²) in [5, 5.41) is 9.89. The second-order valence-corrected chi connectivity index (χ2v) is 5.03. The molecule has 1 unspecified atom stereocenters. The van der Waals surface area contributed by atoms with Crippen molar-refractivity contribution < 1.29 is 14.6 Å². The molecule has 1 fully saturated rings. The molecule has 0 aliphatic carbocycles. The lowest BCUT2D eigenvalue weighted by Gasteiger charge is -2.27. The fraction of sp³-hybridized carbons (Fsp3) is 0.533. The zero-order valence-corrected chi connectivity index (χ0v) is 11.1. The summed E-state index contributed by atoms with van der Waals surface area (Å²) in [6.45, 7) is 2.69. The molecule has 0 radical (unpaired) electrons. The number of rotatable bonds is 6. The van der Waals surface area contributed by atoms with Gasteiger partial charge in [0.2, 0.25) is 0 Å². The molecule has 1 aromatic rings. The van der Waals surface area contributed by atoms with Gasteiger partial charge in [-0.05, 0) is 18.5 Å². The van der Waals surface area contributed by atoms with E-state index in [4.69, 9.17) is 4.74 Å². The lowest BCUT2D eigenvalue weighted by Crippen LogP contribution is -2.41. The molecule has 0 bridgehead atoms. The van der Waals surface area contributed by atoms with Crippen molar-refractivity contribution in [3.63, 3.8) is 0 Å². The Balaban J connectivity index is 1.64. The molecule has 1 N–H and O–H groups in total. The molecule has 0 aromatic heterocycles. The average Bonchev–Trinajstić information content (AvgIpc) is 2.40. The van der Waals surface area contributed by atoms with E-state index in [0.29, 0.717) is 32.7 Å². The maximum Gasteiger partial charge on any atom is 0.146 e. The fourth-order valence-corrected chi connectivity index (χ4v) is 2.30. The summed E-state index contributed by atoms with van der Waals surface area (Å²) < 4.78 is 5.49. The summed E-state index contributed by atoms with van der Waals surface area (Å²) in [5.74, 6) is 0.267. The van der Waals surface area contributed by atoms with Gasteiger partial charge in [-0.25, -0.2) is 0 Å². The molecule has 4 heteroatoms. The van der Waals surface area contributed by atoms with Crippen LogP contribution in [0.2, 0.25) is 0 Å². The minimum atomic E-state index is -0.533. The van der Waals surface area contributed by atoms with Gasteiger partial charge >= 0.3 is 0 Å². The van der Waals surface area contributed by atoms with E-state index in [0.717, 1.165) is 18.5 Å². The maximum absolute atomic E-state index is 11.3. The Labute approximate surface area is 114 Å². The van der Waals surface area contributed by atoms with Crippen molar-refractivity contribution in [1.82, 2.24) is 4.90 Å². The number of aliphatic hydroxyl groups is 1. The fourth-order valence-electron chi connectivity index (χ4n) is 2.30. The Morgan fingerprint density at radius 3 is 2.84 bits per heavy atom. The standard InChI is InChI=1S/C15H21NO3/c17-14-7-4-8-16(9-14)10-15(18)12-19-11-13-5-2-1-3-6-13/h1-3,5-6,15,18H,4,7-12H2. The van der Waals surface area contributed by atoms with Crippen molar-refractivity contribution in [2.45, 2.75) is 25.6 Å². The SMILES string of the molecule is O=C1CCCN(CC(O)COCc2ccccc2)C1. The Kier molecular flexibility index (Phi) is 5.51. The van der Waals surface area contributed by atoms with Crippen molar-refractivity contribution in [3.05, 3.63) is 35.9 Å². The Morgan fingerprint density at radius 1 is 1.32 bits per heavy atom. The highest BCUT2D eigenvalue weighted by Gasteiger charge is 2.19. The molecule has 1 atom stereocenters. The molecule has 4 nitrogen and oxygen atoms in total. The third kappa shape index (κ3) is 5.11. The number of Topliss-reactive ketones (excluding diaryl/α,β-unsaturated/α-hetero) is 1. The van der Waals surface area contributed by atoms with Gasteiger partial charge in [-0.1, -0.05) is 30.3 Å². The Morgan fingerprint density at radius 2 is 2.11 bits per heavy atom. The van der Waals surface area contributed by atoms with Crippen LogP contribution in [0.15, 0.2) is 30.3 Å². The molecule has 0 amide bonds. The van der Waals surface area contributed by atoms with E-state index in [2.05, 4.69) is 0 Å². The van der Waals surface area contributed by atoms with Gasteiger partial charge < -0.3 is 9.84 Å². The maximum atomic E-state index is 11.3. The molecular weight excluding hydrogens is 242 g/mol. The Bertz CT molecular complexity index is 394. The van der Waals surface area contributed by atoms with Crippen LogP contribution >= 0.6 is 0 Å². The summed E-state index contributed by atoms with van der Waals surface area (Å²) >= 11 is 0. The number of aliphatic hydroxyl groups excluding tert-OH is 1. The van der Waals surface area contributed by atoms with Crippen LogP contribution in [0, 0.1) is 0 Å². The quantitative estimate of drug-likeness (QED) is 0.838. The topological polar surface area (TPSA) is 49.8 Å². The zero-order valence-electron chi connectivity index (χ0n) is 11.1. The van der Waals surface area contributed by atoms with Gasteiger partial charge in [0, 0.05) is 13.0 Å². The number of hydrogen-bond acceptors (Lipinski definition) is 4. The lowest BCUT2D eigenvalue weighted by molar-refractivity contribution is -0.122. The van der Waals surface area contributed by atoms with Crippen LogP contribution < -0.4 is 0 Å². The molecule has 1 aliphatic heterocycles. The average molecular weight is 263 g/mol. The van der Waals surface area contributed by atoms with Gasteiger partial charge in [0.05, 0.1) is 25.9 Å². The number of carbonyl (C=O) groups is 1. The van der Waals surface area contributed by atoms with Crippen LogP contribution in [-0.2, 0) is 16.1 Å². The van der Waals surface area contributed by atoms with Crippen LogP contribution in [0.4, 0.5) is 0 Å². The molecule has 2 rings (SSSR count). The van der Waals surface area contributed by atoms with Crippen LogP contribution in [0.1, 0.15) is 18.4 Å². The van der Waals surface area contributed by atoms with E-state index in [1.54, 1.807) is 0 Å². The lowest BCUT2D eigenvalue weighted by atomic mass is 10.1. The molecule has 0 saturated carbocycles. The molecule has 1 aromatic carbocycles. The first-order valence-corrected chi connectivity index (χ1v) is 6.78. The highest BCUT2D eigenvalue weighted by Crippen LogP contribution is 2.07. The van der Waals surface area contributed by atoms with E-state index < -0.39 is 6.10 Å². The molecule has 1 heterocycles. The van der Waals surface area contributed by atoms with Gasteiger partial charge in [0.25, 0.3) is 0 Å². The van der Waals surface area contributed by atoms with Crippen molar-refractivity contribution in [2.24, 2.45) is 0 Å². The summed E-state index contributed by atoms with van der Waals surface area (Å²) in [6.07, 6.45) is 1.04. The second kappa shape index (κ2) is 7.38. The van der Waals surface area contributed by atoms with Crippen molar-refractivity contribution in [2.75, 3.05) is 26.2 Å². The number of nitrogens with zero attached hydrogens (tertiary/aromatic N) is 1. The smallest absolute Gasteiger partial charge is 0.146 e. The first kappa shape index (κ1) is 14.2. The van der Waals surface area contributed by atoms with Crippen LogP contribution in [0.25, 0.3) is 0 Å². The molecular formula is C15H21NO3. The normalized spacial score (nSPS) is 18.5. The van der Waals surface area contributed by atoms with Crippen LogP contribution in [-0.4, -0.2) is 48.1 Å². The van der Waals surface area contributed by atoms with E-state index in [1.165, 1.54) is 0 Å². The third-order valence-electron chi connectivity index (χ3n) is 3.22. The summed E-state index contributed by atoms with van der Waals surface area (Å²) in [6, 6.07) is 9.89. The van der Waals surface area contributed by atoms with Crippen LogP contribution in [0.3, 0.4) is 0 Å². The predicted molar refractivity (Wildman–Crippen MR) is 72.8 cm³/mol. The highest BCUT2D eigenvalue weighted by molar-refractivity contribution is 5.81. The summed E-state index contributed by atoms with van der Waals surface area (Å²) in [4.78, 5) is 13.3. The van der Waals surface area contributed by atoms with E-state index >= 15 is 0 Å². The molecule has 1 saturated heterocycles. The van der Waals surface area contributed by atoms with Gasteiger partial charge in [-0.2, -0.15) is 0 Å². The molecule has 19 heavy (non-hydrogen) atoms. The Hall–Kier alpha value is -1.23. The number of ether oxygens (including phenoxy) is 1. The largest absolute Gasteiger partial charge is 0.389 e. The van der Waals surface area contributed by atoms with Gasteiger partial charge in [0.1, 0.15) is 5.78 Å². The van der Waals surface area contributed by atoms with Gasteiger partial charge in [-0.15, -0.1) is 0 Å². The van der Waals surface area contributed by atoms with Crippen LogP contribution in [0.5, 0.6) is 0 Å². The third-order valence-corrected chi connectivity index (χ3v) is 3.22. The number of hydrogen-bond donors (Lipinski definition) is 1. The number of likely N-dealkylation sites (tertiary alicyclic amines) is 1. The second-order valence-electron chi connectivity index (χ2n) is 5.03. The minimum Gasteiger partial charge on any atom is -0.389 e. The molecule has 1 aliphatic rings. The number of ketones is 1. The summed E-state index contributed by atoms with van der Waals surface area (Å²) in [7, 11) is 0. The molecule has 0 spiro atoms. The minimum absolute atomic E-state index is 0.267. The van der Waals surface area contributed by atoms with Crippen molar-refractivity contribution >= 4 is 5.78 Å². The van der Waals surface area contributed by atoms with Crippen molar-refractivity contribution in [3.8, 4) is 0 Å². The van der Waals surface area contributed by atoms with E-state index in [1.807, 2.05) is 35.2 Å². The van der Waals surface area contributed by atoms with Crippen molar-refractivity contribution in [1.29, 1.82) is 0 Å². The first-order chi connectivity index (χ1) is 9.24. The highest BCUT2D eigenvalue weighted by atomic mass is 16.5. The predicted octanol–water partition coefficient (Wildman–Crippen LogP) is 1.23.